The van der Waals surface area contributed by atoms with E-state index in [-0.39, 0.29) is 23.8 Å². The third kappa shape index (κ3) is 0.521. The van der Waals surface area contributed by atoms with Crippen LogP contribution in [-0.2, 0) is 9.59 Å². The topological polar surface area (TPSA) is 46.2 Å². The minimum atomic E-state index is -0.338. The molecule has 0 unspecified atom stereocenters. The van der Waals surface area contributed by atoms with Gasteiger partial charge in [0.15, 0.2) is 5.78 Å². The van der Waals surface area contributed by atoms with Crippen LogP contribution in [0.2, 0.25) is 0 Å². The van der Waals surface area contributed by atoms with Crippen molar-refractivity contribution in [1.29, 1.82) is 0 Å². The Morgan fingerprint density at radius 2 is 2.12 bits per heavy atom. The van der Waals surface area contributed by atoms with Crippen molar-refractivity contribution < 1.29 is 9.59 Å². The second kappa shape index (κ2) is 1.43. The van der Waals surface area contributed by atoms with Crippen molar-refractivity contribution in [3.05, 3.63) is 12.2 Å². The summed E-state index contributed by atoms with van der Waals surface area (Å²) in [6.45, 7) is 3.38. The maximum absolute atomic E-state index is 10.4. The van der Waals surface area contributed by atoms with Crippen LogP contribution < -0.4 is 5.32 Å². The largest absolute Gasteiger partial charge is 0.344 e. The predicted octanol–water partition coefficient (Wildman–Crippen LogP) is -0.759. The normalized spacial score (nSPS) is 19.2. The van der Waals surface area contributed by atoms with Crippen molar-refractivity contribution in [2.24, 2.45) is 0 Å². The number of amides is 1. The Kier molecular flexibility index (Phi) is 0.901. The molecule has 0 aromatic heterocycles. The molecule has 0 atom stereocenters. The van der Waals surface area contributed by atoms with Gasteiger partial charge in [-0.2, -0.15) is 0 Å². The first-order chi connectivity index (χ1) is 3.72. The summed E-state index contributed by atoms with van der Waals surface area (Å²) in [5.74, 6) is -0.537. The minimum Gasteiger partial charge on any atom is -0.344 e. The fourth-order valence-corrected chi connectivity index (χ4v) is 0.501. The quantitative estimate of drug-likeness (QED) is 0.330. The van der Waals surface area contributed by atoms with Gasteiger partial charge in [-0.15, -0.1) is 0 Å². The Balaban J connectivity index is 2.86. The average molecular weight is 111 g/mol. The van der Waals surface area contributed by atoms with Gasteiger partial charge >= 0.3 is 0 Å². The van der Waals surface area contributed by atoms with Crippen molar-refractivity contribution in [3.8, 4) is 0 Å². The average Bonchev–Trinajstić information content (AvgIpc) is 1.98. The number of Topliss-reactive ketones (excluding diaryl/α,β-unsaturated/α-hetero) is 1. The summed E-state index contributed by atoms with van der Waals surface area (Å²) >= 11 is 0. The van der Waals surface area contributed by atoms with Crippen molar-refractivity contribution in [2.45, 2.75) is 0 Å². The van der Waals surface area contributed by atoms with Gasteiger partial charge in [0.25, 0.3) is 5.91 Å². The highest BCUT2D eigenvalue weighted by atomic mass is 16.2. The van der Waals surface area contributed by atoms with Crippen molar-refractivity contribution >= 4 is 11.7 Å². The number of hydrogen-bond donors (Lipinski definition) is 1. The molecule has 1 heterocycles. The Labute approximate surface area is 46.4 Å². The van der Waals surface area contributed by atoms with Crippen LogP contribution in [0.4, 0.5) is 0 Å². The van der Waals surface area contributed by atoms with Crippen LogP contribution in [0.15, 0.2) is 12.2 Å². The maximum atomic E-state index is 10.4. The molecular formula is C5H5NO2. The molecule has 0 aromatic carbocycles. The standard InChI is InChI=1S/C5H5NO2/c1-3-4(7)2-6-5(3)8/h1-2H2,(H,6,8). The predicted molar refractivity (Wildman–Crippen MR) is 27.2 cm³/mol. The molecule has 0 bridgehead atoms. The van der Waals surface area contributed by atoms with E-state index in [2.05, 4.69) is 11.9 Å². The van der Waals surface area contributed by atoms with E-state index in [1.54, 1.807) is 0 Å². The fourth-order valence-electron chi connectivity index (χ4n) is 0.501. The van der Waals surface area contributed by atoms with Crippen molar-refractivity contribution in [3.63, 3.8) is 0 Å². The lowest BCUT2D eigenvalue weighted by Crippen LogP contribution is -2.14. The molecule has 0 saturated carbocycles. The highest BCUT2D eigenvalue weighted by Crippen LogP contribution is 1.97. The van der Waals surface area contributed by atoms with Crippen LogP contribution in [0.3, 0.4) is 0 Å². The number of carbonyl (C=O) groups excluding carboxylic acids is 2. The molecule has 0 aromatic rings. The SMILES string of the molecule is C=C1C(=O)CNC1=O. The van der Waals surface area contributed by atoms with Crippen LogP contribution in [0, 0.1) is 0 Å². The summed E-state index contributed by atoms with van der Waals surface area (Å²) in [6, 6.07) is 0. The van der Waals surface area contributed by atoms with Gasteiger partial charge in [-0.3, -0.25) is 9.59 Å². The van der Waals surface area contributed by atoms with Gasteiger partial charge in [0.1, 0.15) is 0 Å². The highest BCUT2D eigenvalue weighted by molar-refractivity contribution is 6.24. The molecule has 0 aliphatic carbocycles. The van der Waals surface area contributed by atoms with E-state index >= 15 is 0 Å². The minimum absolute atomic E-state index is 0.0741. The van der Waals surface area contributed by atoms with Gasteiger partial charge in [-0.1, -0.05) is 6.58 Å². The first-order valence-electron chi connectivity index (χ1n) is 2.22. The van der Waals surface area contributed by atoms with E-state index in [1.807, 2.05) is 0 Å². The summed E-state index contributed by atoms with van der Waals surface area (Å²) < 4.78 is 0. The fraction of sp³-hybridized carbons (Fsp3) is 0.200. The van der Waals surface area contributed by atoms with Gasteiger partial charge in [0, 0.05) is 0 Å². The van der Waals surface area contributed by atoms with E-state index in [9.17, 15) is 9.59 Å². The van der Waals surface area contributed by atoms with Crippen LogP contribution in [0.5, 0.6) is 0 Å². The van der Waals surface area contributed by atoms with Crippen LogP contribution >= 0.6 is 0 Å². The lowest BCUT2D eigenvalue weighted by molar-refractivity contribution is -0.117. The Hall–Kier alpha value is -1.12. The molecule has 1 aliphatic rings. The van der Waals surface area contributed by atoms with E-state index in [1.165, 1.54) is 0 Å². The summed E-state index contributed by atoms with van der Waals surface area (Å²) in [4.78, 5) is 20.8. The lowest BCUT2D eigenvalue weighted by atomic mass is 10.2. The molecule has 3 heteroatoms. The summed E-state index contributed by atoms with van der Waals surface area (Å²) in [7, 11) is 0. The van der Waals surface area contributed by atoms with Crippen molar-refractivity contribution in [1.82, 2.24) is 5.32 Å². The van der Waals surface area contributed by atoms with E-state index in [0.717, 1.165) is 0 Å². The Bertz CT molecular complexity index is 153. The molecular weight excluding hydrogens is 106 g/mol. The molecule has 42 valence electrons. The first kappa shape index (κ1) is 5.03. The second-order valence-electron chi connectivity index (χ2n) is 1.58. The number of ketones is 1. The molecule has 1 N–H and O–H groups in total. The monoisotopic (exact) mass is 111 g/mol. The summed E-state index contributed by atoms with van der Waals surface area (Å²) in [5, 5.41) is 2.33. The summed E-state index contributed by atoms with van der Waals surface area (Å²) in [5.41, 5.74) is 0.0741. The van der Waals surface area contributed by atoms with Gasteiger partial charge in [-0.05, 0) is 0 Å². The second-order valence-corrected chi connectivity index (χ2v) is 1.58. The zero-order chi connectivity index (χ0) is 6.15. The number of hydrogen-bond acceptors (Lipinski definition) is 2. The molecule has 8 heavy (non-hydrogen) atoms. The molecule has 1 saturated heterocycles. The molecule has 3 nitrogen and oxygen atoms in total. The molecule has 1 rings (SSSR count). The number of carbonyl (C=O) groups is 2. The van der Waals surface area contributed by atoms with Crippen LogP contribution in [0.1, 0.15) is 0 Å². The lowest BCUT2D eigenvalue weighted by Gasteiger charge is -1.80. The van der Waals surface area contributed by atoms with Crippen molar-refractivity contribution in [2.75, 3.05) is 6.54 Å². The molecule has 1 aliphatic heterocycles. The van der Waals surface area contributed by atoms with Crippen LogP contribution in [0.25, 0.3) is 0 Å². The molecule has 0 spiro atoms. The first-order valence-corrected chi connectivity index (χ1v) is 2.22. The highest BCUT2D eigenvalue weighted by Gasteiger charge is 2.22. The Morgan fingerprint density at radius 1 is 1.50 bits per heavy atom. The molecule has 1 amide bonds. The zero-order valence-corrected chi connectivity index (χ0v) is 4.23. The smallest absolute Gasteiger partial charge is 0.254 e. The molecule has 0 radical (unpaired) electrons. The zero-order valence-electron chi connectivity index (χ0n) is 4.23. The van der Waals surface area contributed by atoms with Gasteiger partial charge < -0.3 is 5.32 Å². The number of rotatable bonds is 0. The van der Waals surface area contributed by atoms with E-state index in [0.29, 0.717) is 0 Å². The van der Waals surface area contributed by atoms with Gasteiger partial charge in [-0.25, -0.2) is 0 Å². The van der Waals surface area contributed by atoms with Crippen LogP contribution in [-0.4, -0.2) is 18.2 Å². The summed E-state index contributed by atoms with van der Waals surface area (Å²) in [6.07, 6.45) is 0. The maximum Gasteiger partial charge on any atom is 0.254 e. The van der Waals surface area contributed by atoms with E-state index < -0.39 is 0 Å². The Morgan fingerprint density at radius 3 is 2.25 bits per heavy atom. The van der Waals surface area contributed by atoms with Gasteiger partial charge in [0.2, 0.25) is 0 Å². The van der Waals surface area contributed by atoms with Gasteiger partial charge in [0.05, 0.1) is 12.1 Å². The number of nitrogens with one attached hydrogen (secondary N) is 1. The van der Waals surface area contributed by atoms with E-state index in [4.69, 9.17) is 0 Å². The third-order valence-corrected chi connectivity index (χ3v) is 1.02. The third-order valence-electron chi connectivity index (χ3n) is 1.02. The molecule has 1 fully saturated rings.